The minimum atomic E-state index is -0.00446. The maximum absolute atomic E-state index is 9.39. The van der Waals surface area contributed by atoms with Crippen molar-refractivity contribution < 1.29 is 5.11 Å². The Balaban J connectivity index is 2.75. The summed E-state index contributed by atoms with van der Waals surface area (Å²) < 4.78 is 2.07. The number of aliphatic hydroxyl groups is 1. The Labute approximate surface area is 100 Å². The number of nitrogens with zero attached hydrogens (tertiary/aromatic N) is 1. The second-order valence-electron chi connectivity index (χ2n) is 4.10. The second kappa shape index (κ2) is 4.48. The van der Waals surface area contributed by atoms with Gasteiger partial charge in [0, 0.05) is 23.0 Å². The molecule has 2 aromatic rings. The molecule has 0 saturated carbocycles. The molecular weight excluding hydrogens is 222 g/mol. The van der Waals surface area contributed by atoms with Crippen LogP contribution in [0.3, 0.4) is 0 Å². The third kappa shape index (κ3) is 1.72. The number of fused-ring (bicyclic) bond motifs is 1. The molecule has 0 aliphatic carbocycles. The molecule has 0 aliphatic rings. The topological polar surface area (TPSA) is 25.2 Å². The minimum absolute atomic E-state index is 0.00446. The molecule has 0 aliphatic heterocycles. The van der Waals surface area contributed by atoms with E-state index in [9.17, 15) is 5.11 Å². The lowest BCUT2D eigenvalue weighted by molar-refractivity contribution is 0.283. The molecule has 1 aromatic heterocycles. The molecule has 2 rings (SSSR count). The zero-order chi connectivity index (χ0) is 11.7. The van der Waals surface area contributed by atoms with Gasteiger partial charge in [-0.1, -0.05) is 30.2 Å². The Bertz CT molecular complexity index is 516. The van der Waals surface area contributed by atoms with Crippen molar-refractivity contribution in [2.24, 2.45) is 0 Å². The molecule has 16 heavy (non-hydrogen) atoms. The van der Waals surface area contributed by atoms with Crippen molar-refractivity contribution in [2.45, 2.75) is 33.4 Å². The van der Waals surface area contributed by atoms with Gasteiger partial charge in [-0.2, -0.15) is 0 Å². The number of hydrogen-bond donors (Lipinski definition) is 1. The molecule has 1 N–H and O–H groups in total. The Morgan fingerprint density at radius 3 is 2.75 bits per heavy atom. The average molecular weight is 238 g/mol. The van der Waals surface area contributed by atoms with Gasteiger partial charge in [-0.25, -0.2) is 0 Å². The van der Waals surface area contributed by atoms with Crippen molar-refractivity contribution >= 4 is 22.5 Å². The first kappa shape index (κ1) is 11.5. The fourth-order valence-electron chi connectivity index (χ4n) is 2.10. The summed E-state index contributed by atoms with van der Waals surface area (Å²) in [5.74, 6) is 0. The van der Waals surface area contributed by atoms with Crippen molar-refractivity contribution in [1.82, 2.24) is 4.57 Å². The smallest absolute Gasteiger partial charge is 0.115 e. The van der Waals surface area contributed by atoms with E-state index in [0.717, 1.165) is 29.4 Å². The van der Waals surface area contributed by atoms with Crippen LogP contribution in [-0.2, 0) is 13.2 Å². The minimum Gasteiger partial charge on any atom is -0.392 e. The van der Waals surface area contributed by atoms with Crippen molar-refractivity contribution in [3.8, 4) is 0 Å². The molecule has 1 aromatic carbocycles. The largest absolute Gasteiger partial charge is 0.392 e. The first-order valence-corrected chi connectivity index (χ1v) is 5.95. The molecule has 0 fully saturated rings. The van der Waals surface area contributed by atoms with Crippen LogP contribution in [0, 0.1) is 6.92 Å². The molecule has 1 heterocycles. The zero-order valence-electron chi connectivity index (χ0n) is 9.63. The maximum atomic E-state index is 9.39. The van der Waals surface area contributed by atoms with E-state index in [1.165, 1.54) is 5.56 Å². The molecule has 0 spiro atoms. The molecular formula is C13H16ClNO. The van der Waals surface area contributed by atoms with Gasteiger partial charge in [-0.3, -0.25) is 0 Å². The third-order valence-electron chi connectivity index (χ3n) is 2.86. The highest BCUT2D eigenvalue weighted by atomic mass is 35.5. The lowest BCUT2D eigenvalue weighted by Crippen LogP contribution is -1.96. The molecule has 86 valence electrons. The van der Waals surface area contributed by atoms with Crippen LogP contribution in [0.25, 0.3) is 10.9 Å². The number of rotatable bonds is 3. The van der Waals surface area contributed by atoms with Crippen molar-refractivity contribution in [1.29, 1.82) is 0 Å². The van der Waals surface area contributed by atoms with Gasteiger partial charge < -0.3 is 9.67 Å². The predicted octanol–water partition coefficient (Wildman–Crippen LogP) is 3.51. The summed E-state index contributed by atoms with van der Waals surface area (Å²) >= 11 is 6.29. The molecule has 0 unspecified atom stereocenters. The standard InChI is InChI=1S/C13H16ClNO/c1-3-6-15-12-5-4-9(2)7-10(12)11(8-16)13(15)14/h4-5,7,16H,3,6,8H2,1-2H3. The molecule has 3 heteroatoms. The first-order valence-electron chi connectivity index (χ1n) is 5.57. The second-order valence-corrected chi connectivity index (χ2v) is 4.46. The lowest BCUT2D eigenvalue weighted by Gasteiger charge is -2.04. The Kier molecular flexibility index (Phi) is 3.22. The molecule has 0 bridgehead atoms. The van der Waals surface area contributed by atoms with Gasteiger partial charge >= 0.3 is 0 Å². The highest BCUT2D eigenvalue weighted by molar-refractivity contribution is 6.32. The SMILES string of the molecule is CCCn1c(Cl)c(CO)c2cc(C)ccc21. The normalized spacial score (nSPS) is 11.2. The molecule has 0 radical (unpaired) electrons. The predicted molar refractivity (Wildman–Crippen MR) is 67.9 cm³/mol. The molecule has 0 saturated heterocycles. The van der Waals surface area contributed by atoms with E-state index in [1.54, 1.807) is 0 Å². The summed E-state index contributed by atoms with van der Waals surface area (Å²) in [6.45, 7) is 5.05. The van der Waals surface area contributed by atoms with Gasteiger partial charge in [0.1, 0.15) is 5.15 Å². The summed E-state index contributed by atoms with van der Waals surface area (Å²) in [4.78, 5) is 0. The van der Waals surface area contributed by atoms with Crippen LogP contribution < -0.4 is 0 Å². The fraction of sp³-hybridized carbons (Fsp3) is 0.385. The van der Waals surface area contributed by atoms with E-state index in [2.05, 4.69) is 29.7 Å². The quantitative estimate of drug-likeness (QED) is 0.869. The number of aromatic nitrogens is 1. The number of halogens is 1. The van der Waals surface area contributed by atoms with Crippen molar-refractivity contribution in [3.63, 3.8) is 0 Å². The number of aliphatic hydroxyl groups excluding tert-OH is 1. The van der Waals surface area contributed by atoms with Crippen LogP contribution in [-0.4, -0.2) is 9.67 Å². The lowest BCUT2D eigenvalue weighted by atomic mass is 10.1. The van der Waals surface area contributed by atoms with Gasteiger partial charge in [0.2, 0.25) is 0 Å². The van der Waals surface area contributed by atoms with Gasteiger partial charge in [0.05, 0.1) is 6.61 Å². The van der Waals surface area contributed by atoms with Crippen LogP contribution in [0.15, 0.2) is 18.2 Å². The van der Waals surface area contributed by atoms with E-state index in [4.69, 9.17) is 11.6 Å². The third-order valence-corrected chi connectivity index (χ3v) is 3.29. The molecule has 0 amide bonds. The number of benzene rings is 1. The van der Waals surface area contributed by atoms with Crippen LogP contribution in [0.5, 0.6) is 0 Å². The maximum Gasteiger partial charge on any atom is 0.115 e. The highest BCUT2D eigenvalue weighted by Crippen LogP contribution is 2.31. The number of aryl methyl sites for hydroxylation is 2. The van der Waals surface area contributed by atoms with E-state index in [0.29, 0.717) is 5.15 Å². The van der Waals surface area contributed by atoms with Crippen molar-refractivity contribution in [2.75, 3.05) is 0 Å². The summed E-state index contributed by atoms with van der Waals surface area (Å²) in [6, 6.07) is 6.23. The van der Waals surface area contributed by atoms with Gasteiger partial charge in [-0.05, 0) is 25.5 Å². The highest BCUT2D eigenvalue weighted by Gasteiger charge is 2.14. The summed E-state index contributed by atoms with van der Waals surface area (Å²) in [5, 5.41) is 11.1. The Morgan fingerprint density at radius 1 is 1.38 bits per heavy atom. The fourth-order valence-corrected chi connectivity index (χ4v) is 2.44. The zero-order valence-corrected chi connectivity index (χ0v) is 10.4. The monoisotopic (exact) mass is 237 g/mol. The molecule has 0 atom stereocenters. The summed E-state index contributed by atoms with van der Waals surface area (Å²) in [7, 11) is 0. The van der Waals surface area contributed by atoms with Crippen LogP contribution >= 0.6 is 11.6 Å². The Morgan fingerprint density at radius 2 is 2.12 bits per heavy atom. The summed E-state index contributed by atoms with van der Waals surface area (Å²) in [5.41, 5.74) is 3.14. The van der Waals surface area contributed by atoms with E-state index < -0.39 is 0 Å². The van der Waals surface area contributed by atoms with Crippen LogP contribution in [0.1, 0.15) is 24.5 Å². The van der Waals surface area contributed by atoms with Crippen LogP contribution in [0.2, 0.25) is 5.15 Å². The number of hydrogen-bond acceptors (Lipinski definition) is 1. The summed E-state index contributed by atoms with van der Waals surface area (Å²) in [6.07, 6.45) is 1.03. The van der Waals surface area contributed by atoms with E-state index in [-0.39, 0.29) is 6.61 Å². The van der Waals surface area contributed by atoms with E-state index >= 15 is 0 Å². The van der Waals surface area contributed by atoms with Crippen LogP contribution in [0.4, 0.5) is 0 Å². The van der Waals surface area contributed by atoms with Gasteiger partial charge in [-0.15, -0.1) is 0 Å². The van der Waals surface area contributed by atoms with Gasteiger partial charge in [0.15, 0.2) is 0 Å². The molecule has 2 nitrogen and oxygen atoms in total. The van der Waals surface area contributed by atoms with E-state index in [1.807, 2.05) is 6.92 Å². The first-order chi connectivity index (χ1) is 7.69. The van der Waals surface area contributed by atoms with Crippen molar-refractivity contribution in [3.05, 3.63) is 34.5 Å². The van der Waals surface area contributed by atoms with Gasteiger partial charge in [0.25, 0.3) is 0 Å². The Hall–Kier alpha value is -0.990. The average Bonchev–Trinajstić information content (AvgIpc) is 2.52.